The van der Waals surface area contributed by atoms with Gasteiger partial charge in [-0.05, 0) is 48.4 Å². The van der Waals surface area contributed by atoms with Crippen LogP contribution in [-0.4, -0.2) is 82.5 Å². The number of nitrogens with zero attached hydrogens (tertiary/aromatic N) is 6. The highest BCUT2D eigenvalue weighted by atomic mass is 19.1. The van der Waals surface area contributed by atoms with Crippen molar-refractivity contribution < 1.29 is 23.1 Å². The first-order chi connectivity index (χ1) is 17.9. The maximum absolute atomic E-state index is 13.9. The van der Waals surface area contributed by atoms with Gasteiger partial charge in [0.2, 0.25) is 5.91 Å². The summed E-state index contributed by atoms with van der Waals surface area (Å²) in [6, 6.07) is 12.1. The molecule has 5 rings (SSSR count). The number of hydrogen-bond donors (Lipinski definition) is 0. The molecule has 2 atom stereocenters. The van der Waals surface area contributed by atoms with Gasteiger partial charge in [0.1, 0.15) is 11.6 Å². The highest BCUT2D eigenvalue weighted by Crippen LogP contribution is 2.30. The van der Waals surface area contributed by atoms with E-state index in [9.17, 15) is 18.4 Å². The minimum Gasteiger partial charge on any atom is -0.464 e. The largest absolute Gasteiger partial charge is 0.464 e. The molecule has 0 aliphatic carbocycles. The van der Waals surface area contributed by atoms with E-state index in [2.05, 4.69) is 15.2 Å². The fraction of sp³-hybridized carbons (Fsp3) is 0.385. The molecule has 2 aromatic carbocycles. The molecule has 2 aliphatic rings. The lowest BCUT2D eigenvalue weighted by Crippen LogP contribution is -2.53. The number of ether oxygens (including phenoxy) is 1. The number of carbonyl (C=O) groups is 2. The Morgan fingerprint density at radius 2 is 1.78 bits per heavy atom. The first-order valence-corrected chi connectivity index (χ1v) is 12.2. The fourth-order valence-corrected chi connectivity index (χ4v) is 5.07. The predicted molar refractivity (Wildman–Crippen MR) is 131 cm³/mol. The molecule has 3 aromatic rings. The van der Waals surface area contributed by atoms with E-state index in [1.165, 1.54) is 37.6 Å². The maximum atomic E-state index is 13.9. The van der Waals surface area contributed by atoms with Crippen molar-refractivity contribution in [3.63, 3.8) is 0 Å². The number of anilines is 1. The molecule has 2 fully saturated rings. The van der Waals surface area contributed by atoms with E-state index in [0.29, 0.717) is 45.7 Å². The predicted octanol–water partition coefficient (Wildman–Crippen LogP) is 2.51. The zero-order chi connectivity index (χ0) is 25.9. The first-order valence-electron chi connectivity index (χ1n) is 12.2. The van der Waals surface area contributed by atoms with Gasteiger partial charge < -0.3 is 14.5 Å². The lowest BCUT2D eigenvalue weighted by Gasteiger charge is -2.38. The first kappa shape index (κ1) is 24.8. The van der Waals surface area contributed by atoms with Crippen LogP contribution in [0, 0.1) is 11.6 Å². The third-order valence-electron chi connectivity index (χ3n) is 7.00. The van der Waals surface area contributed by atoms with E-state index in [4.69, 9.17) is 4.74 Å². The van der Waals surface area contributed by atoms with E-state index in [1.807, 2.05) is 15.9 Å². The zero-order valence-corrected chi connectivity index (χ0v) is 20.5. The van der Waals surface area contributed by atoms with Crippen molar-refractivity contribution in [2.24, 2.45) is 0 Å². The van der Waals surface area contributed by atoms with Gasteiger partial charge in [-0.25, -0.2) is 18.3 Å². The molecule has 11 heteroatoms. The number of aromatic nitrogens is 3. The molecule has 2 aliphatic heterocycles. The van der Waals surface area contributed by atoms with Crippen LogP contribution >= 0.6 is 0 Å². The Balaban J connectivity index is 1.31. The summed E-state index contributed by atoms with van der Waals surface area (Å²) >= 11 is 0. The highest BCUT2D eigenvalue weighted by Gasteiger charge is 2.40. The van der Waals surface area contributed by atoms with Gasteiger partial charge in [0.15, 0.2) is 5.69 Å². The standard InChI is InChI=1S/C26H28F2N6O3/c1-37-26(36)23-17-34(30-29-23)22-14-24(33(16-22)15-18-3-2-4-20(28)13-18)25(35)32-11-9-31(10-12-32)21-7-5-19(27)6-8-21/h2-8,13,17,22,24H,9-12,14-16H2,1H3/t22-,24-/m0/s1. The summed E-state index contributed by atoms with van der Waals surface area (Å²) in [7, 11) is 1.28. The van der Waals surface area contributed by atoms with Crippen LogP contribution in [0.5, 0.6) is 0 Å². The molecule has 1 amide bonds. The number of benzene rings is 2. The van der Waals surface area contributed by atoms with Gasteiger partial charge in [0, 0.05) is 45.0 Å². The molecule has 3 heterocycles. The Bertz CT molecular complexity index is 1260. The number of carbonyl (C=O) groups excluding carboxylic acids is 2. The molecule has 0 radical (unpaired) electrons. The molecule has 0 saturated carbocycles. The second-order valence-electron chi connectivity index (χ2n) is 9.33. The highest BCUT2D eigenvalue weighted by molar-refractivity contribution is 5.86. The van der Waals surface area contributed by atoms with Crippen LogP contribution in [0.25, 0.3) is 0 Å². The summed E-state index contributed by atoms with van der Waals surface area (Å²) in [6.45, 7) is 3.26. The van der Waals surface area contributed by atoms with Crippen LogP contribution < -0.4 is 4.90 Å². The Kier molecular flexibility index (Phi) is 7.13. The van der Waals surface area contributed by atoms with Crippen molar-refractivity contribution in [1.29, 1.82) is 0 Å². The van der Waals surface area contributed by atoms with Gasteiger partial charge in [-0.2, -0.15) is 0 Å². The van der Waals surface area contributed by atoms with Crippen molar-refractivity contribution in [3.05, 3.63) is 77.6 Å². The van der Waals surface area contributed by atoms with E-state index in [0.717, 1.165) is 11.3 Å². The maximum Gasteiger partial charge on any atom is 0.360 e. The summed E-state index contributed by atoms with van der Waals surface area (Å²) in [5.74, 6) is -1.18. The number of rotatable bonds is 6. The summed E-state index contributed by atoms with van der Waals surface area (Å²) in [6.07, 6.45) is 2.02. The SMILES string of the molecule is COC(=O)c1cn([C@H]2C[C@@H](C(=O)N3CCN(c4ccc(F)cc4)CC3)N(Cc3cccc(F)c3)C2)nn1. The van der Waals surface area contributed by atoms with Crippen LogP contribution in [0.3, 0.4) is 0 Å². The number of esters is 1. The molecule has 0 spiro atoms. The summed E-state index contributed by atoms with van der Waals surface area (Å²) in [5.41, 5.74) is 1.80. The molecule has 194 valence electrons. The van der Waals surface area contributed by atoms with Gasteiger partial charge in [-0.1, -0.05) is 17.3 Å². The topological polar surface area (TPSA) is 83.8 Å². The van der Waals surface area contributed by atoms with Crippen LogP contribution in [0.4, 0.5) is 14.5 Å². The van der Waals surface area contributed by atoms with Gasteiger partial charge in [0.05, 0.1) is 25.4 Å². The van der Waals surface area contributed by atoms with Crippen molar-refractivity contribution >= 4 is 17.6 Å². The average Bonchev–Trinajstić information content (AvgIpc) is 3.56. The number of amides is 1. The Morgan fingerprint density at radius 1 is 1.03 bits per heavy atom. The summed E-state index contributed by atoms with van der Waals surface area (Å²) in [5, 5.41) is 8.00. The normalized spacial score (nSPS) is 20.3. The molecule has 1 aromatic heterocycles. The van der Waals surface area contributed by atoms with Crippen molar-refractivity contribution in [2.75, 3.05) is 44.7 Å². The Morgan fingerprint density at radius 3 is 2.49 bits per heavy atom. The van der Waals surface area contributed by atoms with Crippen molar-refractivity contribution in [2.45, 2.75) is 25.0 Å². The summed E-state index contributed by atoms with van der Waals surface area (Å²) < 4.78 is 33.5. The monoisotopic (exact) mass is 510 g/mol. The third-order valence-corrected chi connectivity index (χ3v) is 7.00. The number of halogens is 2. The van der Waals surface area contributed by atoms with Crippen LogP contribution in [0.15, 0.2) is 54.7 Å². The van der Waals surface area contributed by atoms with Gasteiger partial charge >= 0.3 is 5.97 Å². The Labute approximate surface area is 213 Å². The zero-order valence-electron chi connectivity index (χ0n) is 20.5. The third kappa shape index (κ3) is 5.46. The quantitative estimate of drug-likeness (QED) is 0.471. The van der Waals surface area contributed by atoms with Gasteiger partial charge in [0.25, 0.3) is 0 Å². The minimum atomic E-state index is -0.576. The van der Waals surface area contributed by atoms with Gasteiger partial charge in [-0.15, -0.1) is 5.10 Å². The second kappa shape index (κ2) is 10.6. The minimum absolute atomic E-state index is 0.00552. The number of piperazine rings is 1. The molecule has 2 saturated heterocycles. The van der Waals surface area contributed by atoms with Gasteiger partial charge in [-0.3, -0.25) is 9.69 Å². The molecular weight excluding hydrogens is 482 g/mol. The van der Waals surface area contributed by atoms with Crippen LogP contribution in [0.1, 0.15) is 28.5 Å². The van der Waals surface area contributed by atoms with Crippen molar-refractivity contribution in [1.82, 2.24) is 24.8 Å². The molecule has 0 bridgehead atoms. The van der Waals surface area contributed by atoms with Crippen molar-refractivity contribution in [3.8, 4) is 0 Å². The number of likely N-dealkylation sites (tertiary alicyclic amines) is 1. The van der Waals surface area contributed by atoms with E-state index in [-0.39, 0.29) is 29.3 Å². The van der Waals surface area contributed by atoms with Crippen LogP contribution in [-0.2, 0) is 16.1 Å². The fourth-order valence-electron chi connectivity index (χ4n) is 5.07. The smallest absolute Gasteiger partial charge is 0.360 e. The molecule has 9 nitrogen and oxygen atoms in total. The van der Waals surface area contributed by atoms with E-state index in [1.54, 1.807) is 22.9 Å². The Hall–Kier alpha value is -3.86. The summed E-state index contributed by atoms with van der Waals surface area (Å²) in [4.78, 5) is 31.6. The lowest BCUT2D eigenvalue weighted by molar-refractivity contribution is -0.136. The number of methoxy groups -OCH3 is 1. The molecule has 37 heavy (non-hydrogen) atoms. The number of hydrogen-bond acceptors (Lipinski definition) is 7. The van der Waals surface area contributed by atoms with E-state index >= 15 is 0 Å². The van der Waals surface area contributed by atoms with Crippen LogP contribution in [0.2, 0.25) is 0 Å². The molecular formula is C26H28F2N6O3. The van der Waals surface area contributed by atoms with E-state index < -0.39 is 12.0 Å². The molecule has 0 N–H and O–H groups in total. The second-order valence-corrected chi connectivity index (χ2v) is 9.33. The average molecular weight is 511 g/mol. The molecule has 0 unspecified atom stereocenters. The lowest BCUT2D eigenvalue weighted by atomic mass is 10.1.